The zero-order chi connectivity index (χ0) is 22.1. The van der Waals surface area contributed by atoms with Gasteiger partial charge in [-0.05, 0) is 30.9 Å². The summed E-state index contributed by atoms with van der Waals surface area (Å²) in [4.78, 5) is 35.5. The van der Waals surface area contributed by atoms with Crippen LogP contribution in [0.5, 0.6) is 0 Å². The Labute approximate surface area is 188 Å². The molecule has 1 saturated carbocycles. The van der Waals surface area contributed by atoms with Gasteiger partial charge in [-0.25, -0.2) is 0 Å². The molecule has 2 fully saturated rings. The van der Waals surface area contributed by atoms with Crippen molar-refractivity contribution in [3.8, 4) is 0 Å². The van der Waals surface area contributed by atoms with Gasteiger partial charge >= 0.3 is 0 Å². The van der Waals surface area contributed by atoms with Crippen LogP contribution < -0.4 is 0 Å². The summed E-state index contributed by atoms with van der Waals surface area (Å²) in [5, 5.41) is 0. The molecule has 8 nitrogen and oxygen atoms in total. The molecule has 1 aromatic heterocycles. The molecule has 4 atom stereocenters. The summed E-state index contributed by atoms with van der Waals surface area (Å²) in [6, 6.07) is 3.37. The first-order valence-corrected chi connectivity index (χ1v) is 11.7. The number of morpholine rings is 1. The number of ether oxygens (including phenoxy) is 3. The highest BCUT2D eigenvalue weighted by Crippen LogP contribution is 2.46. The molecule has 0 N–H and O–H groups in total. The molecule has 8 heteroatoms. The van der Waals surface area contributed by atoms with Crippen LogP contribution in [0.4, 0.5) is 0 Å². The maximum Gasteiger partial charge on any atom is 0.290 e. The van der Waals surface area contributed by atoms with Crippen molar-refractivity contribution in [3.63, 3.8) is 0 Å². The minimum absolute atomic E-state index is 0.0590. The predicted octanol–water partition coefficient (Wildman–Crippen LogP) is 1.72. The smallest absolute Gasteiger partial charge is 0.290 e. The van der Waals surface area contributed by atoms with Gasteiger partial charge in [0.15, 0.2) is 11.5 Å². The molecule has 4 unspecified atom stereocenters. The van der Waals surface area contributed by atoms with E-state index >= 15 is 0 Å². The molecule has 32 heavy (non-hydrogen) atoms. The Kier molecular flexibility index (Phi) is 6.26. The summed E-state index contributed by atoms with van der Waals surface area (Å²) in [7, 11) is 1.69. The minimum atomic E-state index is -0.426. The molecule has 4 heterocycles. The Morgan fingerprint density at radius 3 is 2.78 bits per heavy atom. The van der Waals surface area contributed by atoms with E-state index in [1.807, 2.05) is 17.0 Å². The second-order valence-corrected chi connectivity index (χ2v) is 9.04. The first kappa shape index (κ1) is 21.6. The maximum atomic E-state index is 13.6. The molecule has 1 amide bonds. The van der Waals surface area contributed by atoms with E-state index in [4.69, 9.17) is 14.2 Å². The number of aromatic nitrogens is 1. The highest BCUT2D eigenvalue weighted by Gasteiger charge is 2.52. The molecule has 1 aliphatic carbocycles. The third kappa shape index (κ3) is 3.95. The highest BCUT2D eigenvalue weighted by atomic mass is 16.5. The Morgan fingerprint density at radius 1 is 1.19 bits per heavy atom. The van der Waals surface area contributed by atoms with Gasteiger partial charge in [-0.3, -0.25) is 19.5 Å². The summed E-state index contributed by atoms with van der Waals surface area (Å²) in [5.74, 6) is -0.0838. The average molecular weight is 442 g/mol. The van der Waals surface area contributed by atoms with Crippen molar-refractivity contribution < 1.29 is 23.8 Å². The Balaban J connectivity index is 1.39. The van der Waals surface area contributed by atoms with Crippen molar-refractivity contribution in [1.29, 1.82) is 0 Å². The number of rotatable bonds is 6. The third-order valence-electron chi connectivity index (χ3n) is 7.21. The summed E-state index contributed by atoms with van der Waals surface area (Å²) < 4.78 is 17.2. The normalized spacial score (nSPS) is 30.8. The number of ketones is 1. The molecular formula is C24H31N3O5. The van der Waals surface area contributed by atoms with Crippen molar-refractivity contribution in [2.45, 2.75) is 43.9 Å². The summed E-state index contributed by atoms with van der Waals surface area (Å²) >= 11 is 0. The van der Waals surface area contributed by atoms with Gasteiger partial charge in [0.2, 0.25) is 0 Å². The Bertz CT molecular complexity index is 883. The molecule has 1 saturated heterocycles. The van der Waals surface area contributed by atoms with E-state index in [0.29, 0.717) is 18.5 Å². The first-order chi connectivity index (χ1) is 15.7. The van der Waals surface area contributed by atoms with Gasteiger partial charge in [0.25, 0.3) is 5.91 Å². The molecule has 172 valence electrons. The summed E-state index contributed by atoms with van der Waals surface area (Å²) in [6.07, 6.45) is 6.28. The number of nitrogens with zero attached hydrogens (tertiary/aromatic N) is 3. The number of hydrogen-bond acceptors (Lipinski definition) is 7. The number of fused-ring (bicyclic) bond motifs is 1. The van der Waals surface area contributed by atoms with E-state index in [2.05, 4.69) is 9.88 Å². The number of amides is 1. The van der Waals surface area contributed by atoms with E-state index < -0.39 is 6.04 Å². The summed E-state index contributed by atoms with van der Waals surface area (Å²) in [5.41, 5.74) is 1.38. The summed E-state index contributed by atoms with van der Waals surface area (Å²) in [6.45, 7) is 4.80. The van der Waals surface area contributed by atoms with Gasteiger partial charge in [-0.1, -0.05) is 6.07 Å². The molecular weight excluding hydrogens is 410 g/mol. The number of hydrogen-bond donors (Lipinski definition) is 0. The van der Waals surface area contributed by atoms with Gasteiger partial charge in [0.05, 0.1) is 36.9 Å². The molecule has 5 rings (SSSR count). The van der Waals surface area contributed by atoms with Crippen LogP contribution in [0, 0.1) is 5.92 Å². The van der Waals surface area contributed by atoms with Gasteiger partial charge in [-0.15, -0.1) is 0 Å². The van der Waals surface area contributed by atoms with Crippen molar-refractivity contribution in [3.05, 3.63) is 41.4 Å². The third-order valence-corrected chi connectivity index (χ3v) is 7.21. The number of pyridine rings is 1. The van der Waals surface area contributed by atoms with Crippen LogP contribution in [0.15, 0.2) is 35.9 Å². The largest absolute Gasteiger partial charge is 0.483 e. The predicted molar refractivity (Wildman–Crippen MR) is 116 cm³/mol. The van der Waals surface area contributed by atoms with Crippen LogP contribution in [0.3, 0.4) is 0 Å². The fraction of sp³-hybridized carbons (Fsp3) is 0.625. The second-order valence-electron chi connectivity index (χ2n) is 9.04. The lowest BCUT2D eigenvalue weighted by Crippen LogP contribution is -2.43. The van der Waals surface area contributed by atoms with Crippen LogP contribution in [0.2, 0.25) is 0 Å². The average Bonchev–Trinajstić information content (AvgIpc) is 3.12. The van der Waals surface area contributed by atoms with Crippen molar-refractivity contribution in [1.82, 2.24) is 14.8 Å². The lowest BCUT2D eigenvalue weighted by molar-refractivity contribution is -0.138. The second kappa shape index (κ2) is 9.29. The fourth-order valence-corrected chi connectivity index (χ4v) is 5.50. The van der Waals surface area contributed by atoms with Crippen LogP contribution >= 0.6 is 0 Å². The first-order valence-electron chi connectivity index (χ1n) is 11.7. The number of carbonyl (C=O) groups is 2. The molecule has 0 bridgehead atoms. The standard InChI is InChI=1S/C24H31N3O5/c1-30-17-5-6-18-19(14-17)32-23-20(22(18)28)21(16-4-2-7-25-15-16)27(24(23)29)9-3-8-26-10-12-31-13-11-26/h2,4,7,15,17-19,21H,3,5-6,8-14H2,1H3. The number of Topliss-reactive ketones (excluding diaryl/α,β-unsaturated/α-hetero) is 1. The maximum absolute atomic E-state index is 13.6. The molecule has 3 aliphatic heterocycles. The van der Waals surface area contributed by atoms with Crippen LogP contribution in [-0.2, 0) is 23.8 Å². The lowest BCUT2D eigenvalue weighted by Gasteiger charge is -2.38. The Hall–Kier alpha value is -2.29. The van der Waals surface area contributed by atoms with Crippen molar-refractivity contribution in [2.75, 3.05) is 46.5 Å². The fourth-order valence-electron chi connectivity index (χ4n) is 5.50. The number of methoxy groups -OCH3 is 1. The number of carbonyl (C=O) groups excluding carboxylic acids is 2. The van der Waals surface area contributed by atoms with Gasteiger partial charge in [-0.2, -0.15) is 0 Å². The minimum Gasteiger partial charge on any atom is -0.483 e. The van der Waals surface area contributed by atoms with Crippen LogP contribution in [0.1, 0.15) is 37.3 Å². The SMILES string of the molecule is COC1CCC2C(=O)C3=C(OC2C1)C(=O)N(CCCN1CCOCC1)C3c1cccnc1. The van der Waals surface area contributed by atoms with Gasteiger partial charge < -0.3 is 19.1 Å². The van der Waals surface area contributed by atoms with Gasteiger partial charge in [0.1, 0.15) is 6.10 Å². The Morgan fingerprint density at radius 2 is 2.03 bits per heavy atom. The van der Waals surface area contributed by atoms with Crippen molar-refractivity contribution >= 4 is 11.7 Å². The van der Waals surface area contributed by atoms with Gasteiger partial charge in [0, 0.05) is 52.1 Å². The molecule has 0 aromatic carbocycles. The lowest BCUT2D eigenvalue weighted by atomic mass is 9.77. The van der Waals surface area contributed by atoms with E-state index in [-0.39, 0.29) is 35.6 Å². The zero-order valence-electron chi connectivity index (χ0n) is 18.6. The van der Waals surface area contributed by atoms with E-state index in [1.165, 1.54) is 0 Å². The van der Waals surface area contributed by atoms with Crippen LogP contribution in [-0.4, -0.2) is 85.2 Å². The van der Waals surface area contributed by atoms with E-state index in [9.17, 15) is 9.59 Å². The van der Waals surface area contributed by atoms with Crippen LogP contribution in [0.25, 0.3) is 0 Å². The topological polar surface area (TPSA) is 81.2 Å². The quantitative estimate of drug-likeness (QED) is 0.665. The highest BCUT2D eigenvalue weighted by molar-refractivity contribution is 6.11. The molecule has 1 aromatic rings. The zero-order valence-corrected chi connectivity index (χ0v) is 18.6. The van der Waals surface area contributed by atoms with E-state index in [0.717, 1.165) is 57.7 Å². The molecule has 0 radical (unpaired) electrons. The molecule has 4 aliphatic rings. The monoisotopic (exact) mass is 441 g/mol. The van der Waals surface area contributed by atoms with E-state index in [1.54, 1.807) is 19.5 Å². The molecule has 0 spiro atoms. The van der Waals surface area contributed by atoms with Crippen molar-refractivity contribution in [2.24, 2.45) is 5.92 Å².